The highest BCUT2D eigenvalue weighted by Crippen LogP contribution is 2.24. The minimum Gasteiger partial charge on any atom is -0.397 e. The largest absolute Gasteiger partial charge is 0.397 e. The zero-order chi connectivity index (χ0) is 14.7. The number of nitriles is 1. The molecule has 0 aliphatic rings. The van der Waals surface area contributed by atoms with E-state index in [2.05, 4.69) is 5.32 Å². The lowest BCUT2D eigenvalue weighted by Crippen LogP contribution is -2.14. The first-order valence-corrected chi connectivity index (χ1v) is 6.33. The molecule has 0 unspecified atom stereocenters. The summed E-state index contributed by atoms with van der Waals surface area (Å²) >= 11 is 11.7. The molecule has 2 aromatic rings. The summed E-state index contributed by atoms with van der Waals surface area (Å²) in [6.07, 6.45) is 0. The summed E-state index contributed by atoms with van der Waals surface area (Å²) in [4.78, 5) is 12.1. The van der Waals surface area contributed by atoms with Crippen LogP contribution in [0.5, 0.6) is 0 Å². The predicted molar refractivity (Wildman–Crippen MR) is 80.0 cm³/mol. The van der Waals surface area contributed by atoms with E-state index in [9.17, 15) is 4.79 Å². The third-order valence-electron chi connectivity index (χ3n) is 2.64. The molecule has 0 aliphatic heterocycles. The van der Waals surface area contributed by atoms with Crippen molar-refractivity contribution >= 4 is 40.5 Å². The summed E-state index contributed by atoms with van der Waals surface area (Å²) in [5.41, 5.74) is 6.96. The number of nitrogens with one attached hydrogen (secondary N) is 1. The molecule has 1 amide bonds. The van der Waals surface area contributed by atoms with Crippen LogP contribution in [0.2, 0.25) is 10.0 Å². The fraction of sp³-hybridized carbons (Fsp3) is 0. The van der Waals surface area contributed by atoms with E-state index in [1.54, 1.807) is 24.3 Å². The number of nitrogens with zero attached hydrogens (tertiary/aromatic N) is 1. The van der Waals surface area contributed by atoms with Crippen molar-refractivity contribution in [1.82, 2.24) is 0 Å². The number of rotatable bonds is 2. The van der Waals surface area contributed by atoms with E-state index < -0.39 is 5.91 Å². The Morgan fingerprint density at radius 2 is 1.95 bits per heavy atom. The highest BCUT2D eigenvalue weighted by atomic mass is 35.5. The molecule has 3 N–H and O–H groups in total. The minimum atomic E-state index is -0.406. The standard InChI is InChI=1S/C14H9Cl2N3O/c15-11-5-4-9(6-8(11)7-17)19-14(20)10-2-1-3-12(16)13(10)18/h1-6H,18H2,(H,19,20). The molecular formula is C14H9Cl2N3O. The molecule has 20 heavy (non-hydrogen) atoms. The summed E-state index contributed by atoms with van der Waals surface area (Å²) in [6.45, 7) is 0. The molecule has 0 spiro atoms. The van der Waals surface area contributed by atoms with E-state index in [1.165, 1.54) is 12.1 Å². The van der Waals surface area contributed by atoms with E-state index in [0.717, 1.165) is 0 Å². The summed E-state index contributed by atoms with van der Waals surface area (Å²) in [5, 5.41) is 12.2. The van der Waals surface area contributed by atoms with Crippen molar-refractivity contribution in [2.75, 3.05) is 11.1 Å². The predicted octanol–water partition coefficient (Wildman–Crippen LogP) is 3.70. The Morgan fingerprint density at radius 1 is 1.20 bits per heavy atom. The van der Waals surface area contributed by atoms with Gasteiger partial charge in [-0.15, -0.1) is 0 Å². The van der Waals surface area contributed by atoms with Crippen LogP contribution in [0, 0.1) is 11.3 Å². The number of hydrogen-bond acceptors (Lipinski definition) is 3. The molecular weight excluding hydrogens is 297 g/mol. The van der Waals surface area contributed by atoms with Crippen LogP contribution < -0.4 is 11.1 Å². The van der Waals surface area contributed by atoms with E-state index >= 15 is 0 Å². The molecule has 0 aromatic heterocycles. The molecule has 0 saturated carbocycles. The SMILES string of the molecule is N#Cc1cc(NC(=O)c2cccc(Cl)c2N)ccc1Cl. The molecule has 0 saturated heterocycles. The van der Waals surface area contributed by atoms with Gasteiger partial charge in [-0.1, -0.05) is 29.3 Å². The lowest BCUT2D eigenvalue weighted by Gasteiger charge is -2.09. The molecule has 0 fully saturated rings. The fourth-order valence-electron chi connectivity index (χ4n) is 1.62. The van der Waals surface area contributed by atoms with Crippen LogP contribution in [0.25, 0.3) is 0 Å². The number of benzene rings is 2. The van der Waals surface area contributed by atoms with Crippen molar-refractivity contribution in [2.24, 2.45) is 0 Å². The summed E-state index contributed by atoms with van der Waals surface area (Å²) < 4.78 is 0. The smallest absolute Gasteiger partial charge is 0.257 e. The first-order chi connectivity index (χ1) is 9.52. The highest BCUT2D eigenvalue weighted by molar-refractivity contribution is 6.34. The Morgan fingerprint density at radius 3 is 2.65 bits per heavy atom. The number of halogens is 2. The number of nitrogens with two attached hydrogens (primary N) is 1. The van der Waals surface area contributed by atoms with Gasteiger partial charge in [0.15, 0.2) is 0 Å². The average Bonchev–Trinajstić information content (AvgIpc) is 2.43. The van der Waals surface area contributed by atoms with Crippen molar-refractivity contribution in [1.29, 1.82) is 5.26 Å². The zero-order valence-electron chi connectivity index (χ0n) is 10.2. The lowest BCUT2D eigenvalue weighted by atomic mass is 10.1. The normalized spacial score (nSPS) is 9.85. The van der Waals surface area contributed by atoms with Crippen LogP contribution >= 0.6 is 23.2 Å². The molecule has 2 aromatic carbocycles. The number of nitrogen functional groups attached to an aromatic ring is 1. The van der Waals surface area contributed by atoms with Gasteiger partial charge in [0.05, 0.1) is 26.9 Å². The van der Waals surface area contributed by atoms with E-state index in [0.29, 0.717) is 15.7 Å². The molecule has 0 radical (unpaired) electrons. The first-order valence-electron chi connectivity index (χ1n) is 5.58. The van der Waals surface area contributed by atoms with Crippen LogP contribution in [0.1, 0.15) is 15.9 Å². The van der Waals surface area contributed by atoms with Gasteiger partial charge in [0, 0.05) is 5.69 Å². The third kappa shape index (κ3) is 2.85. The monoisotopic (exact) mass is 305 g/mol. The van der Waals surface area contributed by atoms with Crippen LogP contribution in [0.3, 0.4) is 0 Å². The molecule has 0 bridgehead atoms. The second-order valence-corrected chi connectivity index (χ2v) is 4.78. The Labute approximate surface area is 125 Å². The molecule has 4 nitrogen and oxygen atoms in total. The third-order valence-corrected chi connectivity index (χ3v) is 3.30. The van der Waals surface area contributed by atoms with Gasteiger partial charge in [-0.2, -0.15) is 5.26 Å². The topological polar surface area (TPSA) is 78.9 Å². The number of anilines is 2. The Hall–Kier alpha value is -2.22. The van der Waals surface area contributed by atoms with Crippen molar-refractivity contribution in [2.45, 2.75) is 0 Å². The molecule has 0 heterocycles. The summed E-state index contributed by atoms with van der Waals surface area (Å²) in [6, 6.07) is 11.4. The maximum atomic E-state index is 12.1. The van der Waals surface area contributed by atoms with Crippen molar-refractivity contribution in [3.8, 4) is 6.07 Å². The van der Waals surface area contributed by atoms with Gasteiger partial charge in [-0.3, -0.25) is 4.79 Å². The Bertz CT molecular complexity index is 723. The Balaban J connectivity index is 2.29. The van der Waals surface area contributed by atoms with Gasteiger partial charge in [0.1, 0.15) is 6.07 Å². The first kappa shape index (κ1) is 14.2. The lowest BCUT2D eigenvalue weighted by molar-refractivity contribution is 0.102. The second-order valence-electron chi connectivity index (χ2n) is 3.96. The van der Waals surface area contributed by atoms with Gasteiger partial charge < -0.3 is 11.1 Å². The van der Waals surface area contributed by atoms with Crippen molar-refractivity contribution in [3.63, 3.8) is 0 Å². The maximum Gasteiger partial charge on any atom is 0.257 e. The van der Waals surface area contributed by atoms with Crippen molar-refractivity contribution in [3.05, 3.63) is 57.6 Å². The zero-order valence-corrected chi connectivity index (χ0v) is 11.7. The molecule has 0 atom stereocenters. The highest BCUT2D eigenvalue weighted by Gasteiger charge is 2.12. The van der Waals surface area contributed by atoms with Crippen LogP contribution in [-0.4, -0.2) is 5.91 Å². The number of para-hydroxylation sites is 1. The van der Waals surface area contributed by atoms with Gasteiger partial charge in [-0.05, 0) is 30.3 Å². The van der Waals surface area contributed by atoms with Gasteiger partial charge >= 0.3 is 0 Å². The Kier molecular flexibility index (Phi) is 4.14. The van der Waals surface area contributed by atoms with E-state index in [-0.39, 0.29) is 16.8 Å². The molecule has 0 aliphatic carbocycles. The van der Waals surface area contributed by atoms with Crippen LogP contribution in [-0.2, 0) is 0 Å². The molecule has 2 rings (SSSR count). The van der Waals surface area contributed by atoms with Gasteiger partial charge in [0.25, 0.3) is 5.91 Å². The van der Waals surface area contributed by atoms with Crippen LogP contribution in [0.4, 0.5) is 11.4 Å². The van der Waals surface area contributed by atoms with Crippen LogP contribution in [0.15, 0.2) is 36.4 Å². The number of carbonyl (C=O) groups excluding carboxylic acids is 1. The van der Waals surface area contributed by atoms with Gasteiger partial charge in [-0.25, -0.2) is 0 Å². The molecule has 100 valence electrons. The average molecular weight is 306 g/mol. The quantitative estimate of drug-likeness (QED) is 0.830. The number of hydrogen-bond donors (Lipinski definition) is 2. The van der Waals surface area contributed by atoms with E-state index in [4.69, 9.17) is 34.2 Å². The molecule has 6 heteroatoms. The number of amides is 1. The summed E-state index contributed by atoms with van der Waals surface area (Å²) in [7, 11) is 0. The van der Waals surface area contributed by atoms with E-state index in [1.807, 2.05) is 6.07 Å². The maximum absolute atomic E-state index is 12.1. The fourth-order valence-corrected chi connectivity index (χ4v) is 1.96. The van der Waals surface area contributed by atoms with Crippen molar-refractivity contribution < 1.29 is 4.79 Å². The van der Waals surface area contributed by atoms with Gasteiger partial charge in [0.2, 0.25) is 0 Å². The summed E-state index contributed by atoms with van der Waals surface area (Å²) in [5.74, 6) is -0.406. The number of carbonyl (C=O) groups is 1. The minimum absolute atomic E-state index is 0.209. The second kappa shape index (κ2) is 5.83.